The van der Waals surface area contributed by atoms with E-state index in [1.165, 1.54) is 12.1 Å². The highest BCUT2D eigenvalue weighted by Gasteiger charge is 2.29. The molecule has 0 saturated heterocycles. The number of aromatic hydroxyl groups is 1. The molecule has 0 unspecified atom stereocenters. The van der Waals surface area contributed by atoms with Gasteiger partial charge in [0.25, 0.3) is 5.91 Å². The molecule has 1 aromatic heterocycles. The lowest BCUT2D eigenvalue weighted by Gasteiger charge is -2.07. The van der Waals surface area contributed by atoms with E-state index in [0.29, 0.717) is 28.9 Å². The molecule has 6 nitrogen and oxygen atoms in total. The Morgan fingerprint density at radius 3 is 2.84 bits per heavy atom. The van der Waals surface area contributed by atoms with Crippen LogP contribution < -0.4 is 5.32 Å². The van der Waals surface area contributed by atoms with Gasteiger partial charge in [-0.3, -0.25) is 4.79 Å². The van der Waals surface area contributed by atoms with Gasteiger partial charge in [0.1, 0.15) is 11.6 Å². The topological polar surface area (TPSA) is 88.3 Å². The number of rotatable bonds is 4. The first-order valence-electron chi connectivity index (χ1n) is 7.84. The molecule has 0 spiro atoms. The highest BCUT2D eigenvalue weighted by Crippen LogP contribution is 2.39. The molecule has 126 valence electrons. The smallest absolute Gasteiger partial charge is 0.258 e. The third-order valence-electron chi connectivity index (χ3n) is 3.94. The van der Waals surface area contributed by atoms with Crippen molar-refractivity contribution in [2.24, 2.45) is 0 Å². The van der Waals surface area contributed by atoms with E-state index < -0.39 is 11.7 Å². The molecule has 0 radical (unpaired) electrons. The minimum Gasteiger partial charge on any atom is -0.508 e. The predicted octanol–water partition coefficient (Wildman–Crippen LogP) is 3.71. The molecular formula is C18H14FN3O3. The average Bonchev–Trinajstić information content (AvgIpc) is 3.32. The summed E-state index contributed by atoms with van der Waals surface area (Å²) in [7, 11) is 0. The quantitative estimate of drug-likeness (QED) is 0.756. The van der Waals surface area contributed by atoms with Crippen LogP contribution in [0.4, 0.5) is 10.1 Å². The summed E-state index contributed by atoms with van der Waals surface area (Å²) in [6, 6.07) is 10.3. The van der Waals surface area contributed by atoms with Gasteiger partial charge in [-0.25, -0.2) is 4.39 Å². The maximum atomic E-state index is 13.8. The number of nitrogens with zero attached hydrogens (tertiary/aromatic N) is 2. The van der Waals surface area contributed by atoms with Gasteiger partial charge in [-0.2, -0.15) is 4.98 Å². The summed E-state index contributed by atoms with van der Waals surface area (Å²) in [6.07, 6.45) is 2.13. The molecule has 2 N–H and O–H groups in total. The van der Waals surface area contributed by atoms with Crippen molar-refractivity contribution in [3.63, 3.8) is 0 Å². The number of hydrogen-bond donors (Lipinski definition) is 2. The number of halogens is 1. The largest absolute Gasteiger partial charge is 0.508 e. The second kappa shape index (κ2) is 6.01. The van der Waals surface area contributed by atoms with E-state index in [-0.39, 0.29) is 11.3 Å². The zero-order valence-electron chi connectivity index (χ0n) is 13.1. The lowest BCUT2D eigenvalue weighted by molar-refractivity contribution is 0.102. The Morgan fingerprint density at radius 2 is 2.08 bits per heavy atom. The van der Waals surface area contributed by atoms with Crippen molar-refractivity contribution < 1.29 is 18.8 Å². The Bertz CT molecular complexity index is 950. The number of benzene rings is 2. The van der Waals surface area contributed by atoms with Crippen molar-refractivity contribution in [1.29, 1.82) is 0 Å². The summed E-state index contributed by atoms with van der Waals surface area (Å²) in [5.41, 5.74) is 1.02. The molecule has 3 aromatic rings. The first-order valence-corrected chi connectivity index (χ1v) is 7.84. The number of carbonyl (C=O) groups is 1. The van der Waals surface area contributed by atoms with Crippen molar-refractivity contribution in [2.75, 3.05) is 5.32 Å². The Kier molecular flexibility index (Phi) is 3.68. The van der Waals surface area contributed by atoms with E-state index in [1.54, 1.807) is 24.3 Å². The SMILES string of the molecule is O=C(Nc1cccc(-c2noc(C3CC3)n2)c1)c1ccc(O)cc1F. The molecule has 1 fully saturated rings. The van der Waals surface area contributed by atoms with Crippen molar-refractivity contribution in [1.82, 2.24) is 10.1 Å². The van der Waals surface area contributed by atoms with Crippen molar-refractivity contribution in [2.45, 2.75) is 18.8 Å². The number of phenols is 1. The minimum atomic E-state index is -0.791. The van der Waals surface area contributed by atoms with Crippen LogP contribution in [0.1, 0.15) is 35.0 Å². The predicted molar refractivity (Wildman–Crippen MR) is 87.7 cm³/mol. The second-order valence-electron chi connectivity index (χ2n) is 5.93. The standard InChI is InChI=1S/C18H14FN3O3/c19-15-9-13(23)6-7-14(15)17(24)20-12-3-1-2-11(8-12)16-21-18(25-22-16)10-4-5-10/h1-3,6-10,23H,4-5H2,(H,20,24). The molecule has 1 aliphatic rings. The van der Waals surface area contributed by atoms with E-state index >= 15 is 0 Å². The van der Waals surface area contributed by atoms with Gasteiger partial charge in [0, 0.05) is 23.2 Å². The summed E-state index contributed by atoms with van der Waals surface area (Å²) in [6.45, 7) is 0. The van der Waals surface area contributed by atoms with Crippen LogP contribution in [0.25, 0.3) is 11.4 Å². The highest BCUT2D eigenvalue weighted by atomic mass is 19.1. The third kappa shape index (κ3) is 3.21. The monoisotopic (exact) mass is 339 g/mol. The van der Waals surface area contributed by atoms with Gasteiger partial charge in [-0.1, -0.05) is 17.3 Å². The molecule has 0 bridgehead atoms. The minimum absolute atomic E-state index is 0.154. The van der Waals surface area contributed by atoms with Crippen LogP contribution in [-0.4, -0.2) is 21.2 Å². The molecule has 0 aliphatic heterocycles. The Labute approximate surface area is 142 Å². The van der Waals surface area contributed by atoms with E-state index in [4.69, 9.17) is 4.52 Å². The summed E-state index contributed by atoms with van der Waals surface area (Å²) < 4.78 is 19.0. The first kappa shape index (κ1) is 15.3. The van der Waals surface area contributed by atoms with Gasteiger partial charge in [-0.15, -0.1) is 0 Å². The summed E-state index contributed by atoms with van der Waals surface area (Å²) in [5.74, 6) is -0.187. The van der Waals surface area contributed by atoms with Crippen LogP contribution in [0.3, 0.4) is 0 Å². The molecule has 1 heterocycles. The van der Waals surface area contributed by atoms with E-state index in [0.717, 1.165) is 18.9 Å². The zero-order chi connectivity index (χ0) is 17.4. The number of amides is 1. The lowest BCUT2D eigenvalue weighted by atomic mass is 10.1. The van der Waals surface area contributed by atoms with Crippen LogP contribution >= 0.6 is 0 Å². The number of phenolic OH excluding ortho intramolecular Hbond substituents is 1. The van der Waals surface area contributed by atoms with Gasteiger partial charge in [-0.05, 0) is 37.1 Å². The zero-order valence-corrected chi connectivity index (χ0v) is 13.1. The van der Waals surface area contributed by atoms with Crippen LogP contribution in [0, 0.1) is 5.82 Å². The number of aromatic nitrogens is 2. The summed E-state index contributed by atoms with van der Waals surface area (Å²) >= 11 is 0. The van der Waals surface area contributed by atoms with Crippen LogP contribution in [0.5, 0.6) is 5.75 Å². The third-order valence-corrected chi connectivity index (χ3v) is 3.94. The molecule has 4 rings (SSSR count). The molecule has 0 atom stereocenters. The average molecular weight is 339 g/mol. The van der Waals surface area contributed by atoms with Gasteiger partial charge in [0.2, 0.25) is 11.7 Å². The van der Waals surface area contributed by atoms with Crippen LogP contribution in [0.15, 0.2) is 47.0 Å². The van der Waals surface area contributed by atoms with E-state index in [1.807, 2.05) is 0 Å². The van der Waals surface area contributed by atoms with Crippen molar-refractivity contribution in [3.05, 3.63) is 59.7 Å². The van der Waals surface area contributed by atoms with Gasteiger partial charge >= 0.3 is 0 Å². The number of anilines is 1. The Hall–Kier alpha value is -3.22. The Balaban J connectivity index is 1.55. The van der Waals surface area contributed by atoms with Gasteiger partial charge in [0.15, 0.2) is 0 Å². The number of carbonyl (C=O) groups excluding carboxylic acids is 1. The number of hydrogen-bond acceptors (Lipinski definition) is 5. The van der Waals surface area contributed by atoms with E-state index in [9.17, 15) is 14.3 Å². The molecule has 1 saturated carbocycles. The maximum absolute atomic E-state index is 13.8. The summed E-state index contributed by atoms with van der Waals surface area (Å²) in [5, 5.41) is 15.8. The Morgan fingerprint density at radius 1 is 1.24 bits per heavy atom. The molecule has 1 amide bonds. The normalized spacial score (nSPS) is 13.6. The molecule has 2 aromatic carbocycles. The lowest BCUT2D eigenvalue weighted by Crippen LogP contribution is -2.13. The van der Waals surface area contributed by atoms with Gasteiger partial charge in [0.05, 0.1) is 5.56 Å². The molecule has 25 heavy (non-hydrogen) atoms. The summed E-state index contributed by atoms with van der Waals surface area (Å²) in [4.78, 5) is 16.6. The fourth-order valence-electron chi connectivity index (χ4n) is 2.47. The molecular weight excluding hydrogens is 325 g/mol. The molecule has 7 heteroatoms. The first-order chi connectivity index (χ1) is 12.1. The maximum Gasteiger partial charge on any atom is 0.258 e. The van der Waals surface area contributed by atoms with Gasteiger partial charge < -0.3 is 14.9 Å². The second-order valence-corrected chi connectivity index (χ2v) is 5.93. The fourth-order valence-corrected chi connectivity index (χ4v) is 2.47. The van der Waals surface area contributed by atoms with E-state index in [2.05, 4.69) is 15.5 Å². The highest BCUT2D eigenvalue weighted by molar-refractivity contribution is 6.04. The fraction of sp³-hybridized carbons (Fsp3) is 0.167. The number of nitrogens with one attached hydrogen (secondary N) is 1. The molecule has 1 aliphatic carbocycles. The van der Waals surface area contributed by atoms with Crippen LogP contribution in [0.2, 0.25) is 0 Å². The van der Waals surface area contributed by atoms with Crippen LogP contribution in [-0.2, 0) is 0 Å². The van der Waals surface area contributed by atoms with Crippen molar-refractivity contribution in [3.8, 4) is 17.1 Å². The van der Waals surface area contributed by atoms with Crippen molar-refractivity contribution >= 4 is 11.6 Å².